The molecule has 0 spiro atoms. The summed E-state index contributed by atoms with van der Waals surface area (Å²) in [6.07, 6.45) is 1.93. The molecule has 0 bridgehead atoms. The van der Waals surface area contributed by atoms with Crippen LogP contribution in [0.15, 0.2) is 30.5 Å². The van der Waals surface area contributed by atoms with Crippen molar-refractivity contribution in [3.8, 4) is 0 Å². The Bertz CT molecular complexity index is 491. The normalized spacial score (nSPS) is 11.2. The molecule has 1 aromatic carbocycles. The number of nitrogens with zero attached hydrogens (tertiary/aromatic N) is 1. The van der Waals surface area contributed by atoms with Gasteiger partial charge in [-0.3, -0.25) is 4.98 Å². The van der Waals surface area contributed by atoms with Gasteiger partial charge in [-0.15, -0.1) is 0 Å². The number of rotatable bonds is 3. The van der Waals surface area contributed by atoms with E-state index in [1.807, 2.05) is 6.20 Å². The van der Waals surface area contributed by atoms with E-state index < -0.39 is 0 Å². The van der Waals surface area contributed by atoms with E-state index >= 15 is 0 Å². The molecular formula is C14H17NO. The third kappa shape index (κ3) is 2.07. The van der Waals surface area contributed by atoms with Gasteiger partial charge in [0, 0.05) is 18.7 Å². The molecule has 2 heteroatoms. The zero-order valence-electron chi connectivity index (χ0n) is 10.0. The average molecular weight is 215 g/mol. The van der Waals surface area contributed by atoms with Gasteiger partial charge in [0.25, 0.3) is 0 Å². The molecule has 0 N–H and O–H groups in total. The highest BCUT2D eigenvalue weighted by Gasteiger charge is 2.06. The van der Waals surface area contributed by atoms with Crippen molar-refractivity contribution < 1.29 is 4.74 Å². The second-order valence-electron chi connectivity index (χ2n) is 4.33. The van der Waals surface area contributed by atoms with Crippen LogP contribution >= 0.6 is 0 Å². The minimum absolute atomic E-state index is 0.529. The minimum atomic E-state index is 0.529. The standard InChI is InChI=1S/C14H17NO/c1-10(2)13-6-4-5-11-8-15-12(9-16-3)7-14(11)13/h4-8,10H,9H2,1-3H3. The molecule has 0 aliphatic heterocycles. The summed E-state index contributed by atoms with van der Waals surface area (Å²) in [4.78, 5) is 4.37. The summed E-state index contributed by atoms with van der Waals surface area (Å²) in [5, 5.41) is 2.49. The molecule has 1 aromatic heterocycles. The third-order valence-electron chi connectivity index (χ3n) is 2.77. The number of pyridine rings is 1. The van der Waals surface area contributed by atoms with Crippen LogP contribution in [0.1, 0.15) is 31.0 Å². The molecule has 0 aliphatic carbocycles. The van der Waals surface area contributed by atoms with Crippen LogP contribution in [0.5, 0.6) is 0 Å². The van der Waals surface area contributed by atoms with Gasteiger partial charge in [0.05, 0.1) is 12.3 Å². The highest BCUT2D eigenvalue weighted by atomic mass is 16.5. The van der Waals surface area contributed by atoms with Gasteiger partial charge in [-0.25, -0.2) is 0 Å². The van der Waals surface area contributed by atoms with Crippen LogP contribution in [0.4, 0.5) is 0 Å². The predicted octanol–water partition coefficient (Wildman–Crippen LogP) is 3.50. The number of ether oxygens (including phenoxy) is 1. The van der Waals surface area contributed by atoms with Crippen molar-refractivity contribution in [1.29, 1.82) is 0 Å². The maximum Gasteiger partial charge on any atom is 0.0884 e. The molecule has 0 unspecified atom stereocenters. The molecule has 0 amide bonds. The molecule has 16 heavy (non-hydrogen) atoms. The largest absolute Gasteiger partial charge is 0.378 e. The first-order valence-electron chi connectivity index (χ1n) is 5.59. The van der Waals surface area contributed by atoms with Crippen LogP contribution in [0, 0.1) is 0 Å². The van der Waals surface area contributed by atoms with Gasteiger partial charge < -0.3 is 4.74 Å². The van der Waals surface area contributed by atoms with Crippen LogP contribution in [0.25, 0.3) is 10.8 Å². The van der Waals surface area contributed by atoms with Crippen LogP contribution in [-0.2, 0) is 11.3 Å². The van der Waals surface area contributed by atoms with Crippen molar-refractivity contribution >= 4 is 10.8 Å². The Hall–Kier alpha value is -1.41. The molecule has 0 radical (unpaired) electrons. The summed E-state index contributed by atoms with van der Waals surface area (Å²) in [6, 6.07) is 8.51. The molecule has 0 atom stereocenters. The van der Waals surface area contributed by atoms with Gasteiger partial charge in [0.1, 0.15) is 0 Å². The van der Waals surface area contributed by atoms with E-state index in [4.69, 9.17) is 4.74 Å². The molecule has 0 saturated heterocycles. The van der Waals surface area contributed by atoms with Crippen LogP contribution in [0.3, 0.4) is 0 Å². The highest BCUT2D eigenvalue weighted by Crippen LogP contribution is 2.25. The lowest BCUT2D eigenvalue weighted by molar-refractivity contribution is 0.181. The van der Waals surface area contributed by atoms with Gasteiger partial charge in [-0.1, -0.05) is 32.0 Å². The monoisotopic (exact) mass is 215 g/mol. The molecule has 2 nitrogen and oxygen atoms in total. The Morgan fingerprint density at radius 1 is 1.31 bits per heavy atom. The summed E-state index contributed by atoms with van der Waals surface area (Å²) in [7, 11) is 1.69. The average Bonchev–Trinajstić information content (AvgIpc) is 2.28. The van der Waals surface area contributed by atoms with Gasteiger partial charge in [-0.05, 0) is 22.9 Å². The van der Waals surface area contributed by atoms with Crippen molar-refractivity contribution in [3.05, 3.63) is 41.7 Å². The van der Waals surface area contributed by atoms with Crippen molar-refractivity contribution in [2.75, 3.05) is 7.11 Å². The molecule has 1 heterocycles. The lowest BCUT2D eigenvalue weighted by Crippen LogP contribution is -1.95. The summed E-state index contributed by atoms with van der Waals surface area (Å²) >= 11 is 0. The number of fused-ring (bicyclic) bond motifs is 1. The fraction of sp³-hybridized carbons (Fsp3) is 0.357. The Morgan fingerprint density at radius 3 is 2.81 bits per heavy atom. The van der Waals surface area contributed by atoms with Crippen molar-refractivity contribution in [2.45, 2.75) is 26.4 Å². The van der Waals surface area contributed by atoms with Crippen LogP contribution in [0.2, 0.25) is 0 Å². The summed E-state index contributed by atoms with van der Waals surface area (Å²) in [5.74, 6) is 0.529. The Kier molecular flexibility index (Phi) is 3.20. The van der Waals surface area contributed by atoms with E-state index in [1.165, 1.54) is 16.3 Å². The number of methoxy groups -OCH3 is 1. The van der Waals surface area contributed by atoms with E-state index in [0.717, 1.165) is 5.69 Å². The van der Waals surface area contributed by atoms with Crippen molar-refractivity contribution in [2.24, 2.45) is 0 Å². The van der Waals surface area contributed by atoms with E-state index in [-0.39, 0.29) is 0 Å². The number of hydrogen-bond donors (Lipinski definition) is 0. The summed E-state index contributed by atoms with van der Waals surface area (Å²) < 4.78 is 5.11. The Labute approximate surface area is 96.3 Å². The predicted molar refractivity (Wildman–Crippen MR) is 66.5 cm³/mol. The summed E-state index contributed by atoms with van der Waals surface area (Å²) in [5.41, 5.74) is 2.36. The third-order valence-corrected chi connectivity index (χ3v) is 2.77. The molecule has 0 aliphatic rings. The smallest absolute Gasteiger partial charge is 0.0884 e. The number of hydrogen-bond acceptors (Lipinski definition) is 2. The number of aromatic nitrogens is 1. The molecule has 2 aromatic rings. The fourth-order valence-electron chi connectivity index (χ4n) is 1.97. The first kappa shape index (κ1) is 11.1. The Balaban J connectivity index is 2.59. The lowest BCUT2D eigenvalue weighted by atomic mass is 9.97. The quantitative estimate of drug-likeness (QED) is 0.781. The first-order valence-corrected chi connectivity index (χ1v) is 5.59. The SMILES string of the molecule is COCc1cc2c(C(C)C)cccc2cn1. The molecular weight excluding hydrogens is 198 g/mol. The van der Waals surface area contributed by atoms with Crippen molar-refractivity contribution in [1.82, 2.24) is 4.98 Å². The van der Waals surface area contributed by atoms with E-state index in [0.29, 0.717) is 12.5 Å². The zero-order valence-corrected chi connectivity index (χ0v) is 10.0. The summed E-state index contributed by atoms with van der Waals surface area (Å²) in [6.45, 7) is 5.00. The maximum absolute atomic E-state index is 5.11. The van der Waals surface area contributed by atoms with E-state index in [1.54, 1.807) is 7.11 Å². The minimum Gasteiger partial charge on any atom is -0.378 e. The van der Waals surface area contributed by atoms with E-state index in [9.17, 15) is 0 Å². The van der Waals surface area contributed by atoms with E-state index in [2.05, 4.69) is 43.1 Å². The maximum atomic E-state index is 5.11. The van der Waals surface area contributed by atoms with Gasteiger partial charge in [-0.2, -0.15) is 0 Å². The van der Waals surface area contributed by atoms with Crippen LogP contribution in [-0.4, -0.2) is 12.1 Å². The zero-order chi connectivity index (χ0) is 11.5. The topological polar surface area (TPSA) is 22.1 Å². The van der Waals surface area contributed by atoms with Gasteiger partial charge >= 0.3 is 0 Å². The fourth-order valence-corrected chi connectivity index (χ4v) is 1.97. The molecule has 84 valence electrons. The highest BCUT2D eigenvalue weighted by molar-refractivity contribution is 5.85. The van der Waals surface area contributed by atoms with Gasteiger partial charge in [0.15, 0.2) is 0 Å². The molecule has 2 rings (SSSR count). The van der Waals surface area contributed by atoms with Crippen LogP contribution < -0.4 is 0 Å². The van der Waals surface area contributed by atoms with Crippen molar-refractivity contribution in [3.63, 3.8) is 0 Å². The van der Waals surface area contributed by atoms with Gasteiger partial charge in [0.2, 0.25) is 0 Å². The second kappa shape index (κ2) is 4.62. The first-order chi connectivity index (χ1) is 7.72. The Morgan fingerprint density at radius 2 is 2.12 bits per heavy atom. The second-order valence-corrected chi connectivity index (χ2v) is 4.33. The number of benzene rings is 1. The lowest BCUT2D eigenvalue weighted by Gasteiger charge is -2.10. The molecule has 0 fully saturated rings. The molecule has 0 saturated carbocycles.